The number of thioether (sulfide) groups is 1. The molecule has 0 unspecified atom stereocenters. The number of hydrogen-bond donors (Lipinski definition) is 0. The highest BCUT2D eigenvalue weighted by Crippen LogP contribution is 2.24. The molecule has 0 saturated carbocycles. The SMILES string of the molecule is ClCc1ccc(SCc2nccs2)cc1. The maximum absolute atomic E-state index is 5.72. The summed E-state index contributed by atoms with van der Waals surface area (Å²) in [6.07, 6.45) is 1.84. The van der Waals surface area contributed by atoms with E-state index in [2.05, 4.69) is 29.2 Å². The molecule has 78 valence electrons. The topological polar surface area (TPSA) is 12.9 Å². The molecule has 0 atom stereocenters. The monoisotopic (exact) mass is 255 g/mol. The summed E-state index contributed by atoms with van der Waals surface area (Å²) in [5, 5.41) is 3.17. The van der Waals surface area contributed by atoms with E-state index in [9.17, 15) is 0 Å². The Kier molecular flexibility index (Phi) is 4.06. The van der Waals surface area contributed by atoms with Gasteiger partial charge in [-0.1, -0.05) is 12.1 Å². The highest BCUT2D eigenvalue weighted by molar-refractivity contribution is 7.98. The van der Waals surface area contributed by atoms with Crippen LogP contribution in [0.4, 0.5) is 0 Å². The summed E-state index contributed by atoms with van der Waals surface area (Å²) < 4.78 is 0. The Bertz CT molecular complexity index is 397. The molecule has 0 spiro atoms. The number of nitrogens with zero attached hydrogens (tertiary/aromatic N) is 1. The molecule has 2 aromatic rings. The van der Waals surface area contributed by atoms with E-state index in [0.29, 0.717) is 5.88 Å². The van der Waals surface area contributed by atoms with E-state index >= 15 is 0 Å². The summed E-state index contributed by atoms with van der Waals surface area (Å²) in [5.74, 6) is 1.52. The number of thiazole rings is 1. The van der Waals surface area contributed by atoms with Crippen molar-refractivity contribution in [3.63, 3.8) is 0 Å². The minimum absolute atomic E-state index is 0.581. The molecule has 0 aliphatic rings. The average molecular weight is 256 g/mol. The van der Waals surface area contributed by atoms with Crippen LogP contribution in [0.15, 0.2) is 40.7 Å². The van der Waals surface area contributed by atoms with Gasteiger partial charge in [0.05, 0.1) is 5.75 Å². The van der Waals surface area contributed by atoms with Crippen LogP contribution >= 0.6 is 34.7 Å². The van der Waals surface area contributed by atoms with E-state index < -0.39 is 0 Å². The number of hydrogen-bond acceptors (Lipinski definition) is 3. The Morgan fingerprint density at radius 1 is 1.27 bits per heavy atom. The predicted molar refractivity (Wildman–Crippen MR) is 67.7 cm³/mol. The van der Waals surface area contributed by atoms with Crippen molar-refractivity contribution >= 4 is 34.7 Å². The summed E-state index contributed by atoms with van der Waals surface area (Å²) in [4.78, 5) is 5.50. The highest BCUT2D eigenvalue weighted by Gasteiger charge is 1.98. The first-order valence-electron chi connectivity index (χ1n) is 4.54. The molecule has 1 aromatic heterocycles. The van der Waals surface area contributed by atoms with Crippen LogP contribution in [0.2, 0.25) is 0 Å². The van der Waals surface area contributed by atoms with Gasteiger partial charge in [0.2, 0.25) is 0 Å². The van der Waals surface area contributed by atoms with Gasteiger partial charge in [-0.15, -0.1) is 34.7 Å². The zero-order valence-electron chi connectivity index (χ0n) is 8.02. The zero-order chi connectivity index (χ0) is 10.5. The smallest absolute Gasteiger partial charge is 0.103 e. The average Bonchev–Trinajstić information content (AvgIpc) is 2.80. The molecule has 15 heavy (non-hydrogen) atoms. The van der Waals surface area contributed by atoms with Crippen LogP contribution in [0, 0.1) is 0 Å². The van der Waals surface area contributed by atoms with Crippen LogP contribution in [0.1, 0.15) is 10.6 Å². The third-order valence-corrected chi connectivity index (χ3v) is 4.22. The van der Waals surface area contributed by atoms with Crippen molar-refractivity contribution in [1.82, 2.24) is 4.98 Å². The Labute approximate surface area is 103 Å². The highest BCUT2D eigenvalue weighted by atomic mass is 35.5. The lowest BCUT2D eigenvalue weighted by Crippen LogP contribution is -1.80. The molecular weight excluding hydrogens is 246 g/mol. The second-order valence-electron chi connectivity index (χ2n) is 2.99. The van der Waals surface area contributed by atoms with Gasteiger partial charge in [-0.3, -0.25) is 0 Å². The number of benzene rings is 1. The molecule has 2 rings (SSSR count). The van der Waals surface area contributed by atoms with Gasteiger partial charge in [-0.2, -0.15) is 0 Å². The number of halogens is 1. The maximum atomic E-state index is 5.72. The van der Waals surface area contributed by atoms with Gasteiger partial charge in [0.25, 0.3) is 0 Å². The van der Waals surface area contributed by atoms with Gasteiger partial charge in [-0.25, -0.2) is 4.98 Å². The fourth-order valence-corrected chi connectivity index (χ4v) is 2.86. The predicted octanol–water partition coefficient (Wildman–Crippen LogP) is 4.17. The third kappa shape index (κ3) is 3.23. The minimum atomic E-state index is 0.581. The summed E-state index contributed by atoms with van der Waals surface area (Å²) in [6, 6.07) is 8.35. The molecule has 1 heterocycles. The first-order valence-corrected chi connectivity index (χ1v) is 6.94. The van der Waals surface area contributed by atoms with Crippen LogP contribution in [0.3, 0.4) is 0 Å². The fourth-order valence-electron chi connectivity index (χ4n) is 1.14. The molecule has 0 radical (unpaired) electrons. The van der Waals surface area contributed by atoms with Crippen LogP contribution in [0.5, 0.6) is 0 Å². The van der Waals surface area contributed by atoms with Crippen molar-refractivity contribution in [3.05, 3.63) is 46.4 Å². The van der Waals surface area contributed by atoms with Crippen molar-refractivity contribution < 1.29 is 0 Å². The molecular formula is C11H10ClNS2. The number of aromatic nitrogens is 1. The Balaban J connectivity index is 1.93. The van der Waals surface area contributed by atoms with Crippen LogP contribution in [0.25, 0.3) is 0 Å². The van der Waals surface area contributed by atoms with Crippen LogP contribution < -0.4 is 0 Å². The lowest BCUT2D eigenvalue weighted by atomic mass is 10.2. The van der Waals surface area contributed by atoms with Crippen molar-refractivity contribution in [2.24, 2.45) is 0 Å². The molecule has 0 aliphatic carbocycles. The zero-order valence-corrected chi connectivity index (χ0v) is 10.4. The maximum Gasteiger partial charge on any atom is 0.103 e. The van der Waals surface area contributed by atoms with Crippen molar-refractivity contribution in [2.45, 2.75) is 16.5 Å². The van der Waals surface area contributed by atoms with Gasteiger partial charge in [-0.05, 0) is 17.7 Å². The van der Waals surface area contributed by atoms with E-state index in [1.807, 2.05) is 11.6 Å². The molecule has 1 aromatic carbocycles. The standard InChI is InChI=1S/C11H10ClNS2/c12-7-9-1-3-10(4-2-9)15-8-11-13-5-6-14-11/h1-6H,7-8H2. The van der Waals surface area contributed by atoms with Gasteiger partial charge in [0, 0.05) is 22.4 Å². The van der Waals surface area contributed by atoms with Gasteiger partial charge in [0.15, 0.2) is 0 Å². The summed E-state index contributed by atoms with van der Waals surface area (Å²) in [5.41, 5.74) is 1.16. The Hall–Kier alpha value is -0.510. The van der Waals surface area contributed by atoms with E-state index in [0.717, 1.165) is 11.3 Å². The van der Waals surface area contributed by atoms with E-state index in [4.69, 9.17) is 11.6 Å². The third-order valence-electron chi connectivity index (χ3n) is 1.92. The van der Waals surface area contributed by atoms with Gasteiger partial charge < -0.3 is 0 Å². The lowest BCUT2D eigenvalue weighted by Gasteiger charge is -2.00. The first-order chi connectivity index (χ1) is 7.38. The van der Waals surface area contributed by atoms with Crippen LogP contribution in [-0.2, 0) is 11.6 Å². The van der Waals surface area contributed by atoms with Crippen molar-refractivity contribution in [1.29, 1.82) is 0 Å². The molecule has 0 amide bonds. The molecule has 0 aliphatic heterocycles. The fraction of sp³-hybridized carbons (Fsp3) is 0.182. The quantitative estimate of drug-likeness (QED) is 0.601. The largest absolute Gasteiger partial charge is 0.249 e. The summed E-state index contributed by atoms with van der Waals surface area (Å²) >= 11 is 9.22. The van der Waals surface area contributed by atoms with Crippen LogP contribution in [-0.4, -0.2) is 4.98 Å². The van der Waals surface area contributed by atoms with Gasteiger partial charge >= 0.3 is 0 Å². The molecule has 0 N–H and O–H groups in total. The molecule has 0 saturated heterocycles. The van der Waals surface area contributed by atoms with Crippen molar-refractivity contribution in [3.8, 4) is 0 Å². The minimum Gasteiger partial charge on any atom is -0.249 e. The number of rotatable bonds is 4. The van der Waals surface area contributed by atoms with Gasteiger partial charge in [0.1, 0.15) is 5.01 Å². The van der Waals surface area contributed by atoms with E-state index in [1.165, 1.54) is 9.90 Å². The number of alkyl halides is 1. The first kappa shape index (κ1) is 11.0. The molecule has 0 fully saturated rings. The van der Waals surface area contributed by atoms with Crippen molar-refractivity contribution in [2.75, 3.05) is 0 Å². The van der Waals surface area contributed by atoms with E-state index in [-0.39, 0.29) is 0 Å². The Morgan fingerprint density at radius 3 is 2.67 bits per heavy atom. The summed E-state index contributed by atoms with van der Waals surface area (Å²) in [6.45, 7) is 0. The summed E-state index contributed by atoms with van der Waals surface area (Å²) in [7, 11) is 0. The molecule has 1 nitrogen and oxygen atoms in total. The normalized spacial score (nSPS) is 10.5. The molecule has 4 heteroatoms. The lowest BCUT2D eigenvalue weighted by molar-refractivity contribution is 1.26. The van der Waals surface area contributed by atoms with E-state index in [1.54, 1.807) is 23.1 Å². The second-order valence-corrected chi connectivity index (χ2v) is 5.29. The second kappa shape index (κ2) is 5.54. The molecule has 0 bridgehead atoms. The Morgan fingerprint density at radius 2 is 2.07 bits per heavy atom.